The van der Waals surface area contributed by atoms with Crippen molar-refractivity contribution in [2.24, 2.45) is 14.1 Å². The Morgan fingerprint density at radius 1 is 0.895 bits per heavy atom. The lowest BCUT2D eigenvalue weighted by Crippen LogP contribution is -2.33. The number of benzene rings is 3. The van der Waals surface area contributed by atoms with E-state index < -0.39 is 17.3 Å². The molecule has 2 heterocycles. The van der Waals surface area contributed by atoms with Crippen LogP contribution in [0.1, 0.15) is 22.4 Å². The van der Waals surface area contributed by atoms with Crippen molar-refractivity contribution in [3.63, 3.8) is 0 Å². The lowest BCUT2D eigenvalue weighted by Gasteiger charge is -2.34. The van der Waals surface area contributed by atoms with Gasteiger partial charge in [0.15, 0.2) is 5.60 Å². The Labute approximate surface area is 221 Å². The standard InChI is InChI=1S/C29H23ClF3N3O2/c1-35-17-34-16-26(35)28(38-3,19-7-10-22(30)11-8-19)20-9-12-25-24(14-20)23(15-27(37)36(25)2)18-5-4-6-21(13-18)29(31,32)33/h4-17H,1-3H3. The van der Waals surface area contributed by atoms with Gasteiger partial charge in [-0.1, -0.05) is 41.9 Å². The largest absolute Gasteiger partial charge is 0.416 e. The van der Waals surface area contributed by atoms with E-state index >= 15 is 0 Å². The van der Waals surface area contributed by atoms with E-state index in [2.05, 4.69) is 4.98 Å². The van der Waals surface area contributed by atoms with Gasteiger partial charge in [0.05, 0.1) is 29.3 Å². The molecule has 0 spiro atoms. The molecule has 0 N–H and O–H groups in total. The van der Waals surface area contributed by atoms with Gasteiger partial charge < -0.3 is 13.9 Å². The number of methoxy groups -OCH3 is 1. The summed E-state index contributed by atoms with van der Waals surface area (Å²) < 4.78 is 50.1. The predicted molar refractivity (Wildman–Crippen MR) is 141 cm³/mol. The summed E-state index contributed by atoms with van der Waals surface area (Å²) in [6, 6.07) is 19.1. The Hall–Kier alpha value is -3.88. The fourth-order valence-corrected chi connectivity index (χ4v) is 5.09. The molecule has 5 aromatic rings. The van der Waals surface area contributed by atoms with E-state index in [1.807, 2.05) is 35.9 Å². The second-order valence-corrected chi connectivity index (χ2v) is 9.48. The lowest BCUT2D eigenvalue weighted by molar-refractivity contribution is -0.137. The number of hydrogen-bond acceptors (Lipinski definition) is 3. The Balaban J connectivity index is 1.85. The van der Waals surface area contributed by atoms with Crippen molar-refractivity contribution in [3.8, 4) is 11.1 Å². The smallest absolute Gasteiger partial charge is 0.362 e. The van der Waals surface area contributed by atoms with Crippen LogP contribution in [0.2, 0.25) is 5.02 Å². The molecular weight excluding hydrogens is 515 g/mol. The molecule has 0 aliphatic heterocycles. The van der Waals surface area contributed by atoms with Gasteiger partial charge in [-0.25, -0.2) is 4.98 Å². The van der Waals surface area contributed by atoms with Gasteiger partial charge in [0, 0.05) is 37.7 Å². The van der Waals surface area contributed by atoms with Crippen LogP contribution in [0, 0.1) is 0 Å². The van der Waals surface area contributed by atoms with E-state index in [0.717, 1.165) is 23.4 Å². The van der Waals surface area contributed by atoms with E-state index in [1.54, 1.807) is 50.9 Å². The third-order valence-electron chi connectivity index (χ3n) is 6.89. The van der Waals surface area contributed by atoms with Crippen molar-refractivity contribution < 1.29 is 17.9 Å². The zero-order valence-corrected chi connectivity index (χ0v) is 21.5. The molecule has 3 aromatic carbocycles. The Morgan fingerprint density at radius 3 is 2.24 bits per heavy atom. The third kappa shape index (κ3) is 4.19. The van der Waals surface area contributed by atoms with Gasteiger partial charge in [-0.3, -0.25) is 4.79 Å². The van der Waals surface area contributed by atoms with E-state index in [0.29, 0.717) is 27.1 Å². The van der Waals surface area contributed by atoms with E-state index in [9.17, 15) is 18.0 Å². The van der Waals surface area contributed by atoms with Gasteiger partial charge in [0.1, 0.15) is 0 Å². The fourth-order valence-electron chi connectivity index (χ4n) is 4.97. The number of pyridine rings is 1. The van der Waals surface area contributed by atoms with Crippen LogP contribution < -0.4 is 5.56 Å². The highest BCUT2D eigenvalue weighted by atomic mass is 35.5. The van der Waals surface area contributed by atoms with E-state index in [1.165, 1.54) is 16.7 Å². The molecule has 5 nitrogen and oxygen atoms in total. The highest BCUT2D eigenvalue weighted by molar-refractivity contribution is 6.30. The zero-order valence-electron chi connectivity index (χ0n) is 20.8. The number of imidazole rings is 1. The first-order valence-electron chi connectivity index (χ1n) is 11.7. The zero-order chi connectivity index (χ0) is 27.2. The van der Waals surface area contributed by atoms with Crippen molar-refractivity contribution in [3.05, 3.63) is 123 Å². The van der Waals surface area contributed by atoms with Crippen molar-refractivity contribution in [1.82, 2.24) is 14.1 Å². The molecule has 0 bridgehead atoms. The summed E-state index contributed by atoms with van der Waals surface area (Å²) in [5.41, 5.74) is 1.19. The van der Waals surface area contributed by atoms with Gasteiger partial charge in [0.25, 0.3) is 5.56 Å². The molecule has 0 amide bonds. The number of ether oxygens (including phenoxy) is 1. The highest BCUT2D eigenvalue weighted by Crippen LogP contribution is 2.42. The first kappa shape index (κ1) is 25.8. The summed E-state index contributed by atoms with van der Waals surface area (Å²) in [5.74, 6) is 0. The molecule has 0 saturated carbocycles. The van der Waals surface area contributed by atoms with Crippen LogP contribution in [0.15, 0.2) is 90.1 Å². The number of fused-ring (bicyclic) bond motifs is 1. The minimum atomic E-state index is -4.52. The molecule has 1 atom stereocenters. The van der Waals surface area contributed by atoms with Crippen molar-refractivity contribution >= 4 is 22.5 Å². The number of alkyl halides is 3. The highest BCUT2D eigenvalue weighted by Gasteiger charge is 2.39. The number of halogens is 4. The van der Waals surface area contributed by atoms with Crippen molar-refractivity contribution in [2.75, 3.05) is 7.11 Å². The lowest BCUT2D eigenvalue weighted by atomic mass is 9.82. The van der Waals surface area contributed by atoms with Crippen LogP contribution in [0.4, 0.5) is 13.2 Å². The molecule has 194 valence electrons. The molecular formula is C29H23ClF3N3O2. The minimum Gasteiger partial charge on any atom is -0.362 e. The van der Waals surface area contributed by atoms with Crippen LogP contribution in [-0.2, 0) is 30.6 Å². The van der Waals surface area contributed by atoms with E-state index in [-0.39, 0.29) is 11.1 Å². The average molecular weight is 538 g/mol. The summed E-state index contributed by atoms with van der Waals surface area (Å²) in [5, 5.41) is 1.16. The van der Waals surface area contributed by atoms with Crippen LogP contribution in [0.3, 0.4) is 0 Å². The Bertz CT molecular complexity index is 1710. The monoisotopic (exact) mass is 537 g/mol. The summed E-state index contributed by atoms with van der Waals surface area (Å²) >= 11 is 6.18. The number of aromatic nitrogens is 3. The van der Waals surface area contributed by atoms with Crippen molar-refractivity contribution in [2.45, 2.75) is 11.8 Å². The van der Waals surface area contributed by atoms with E-state index in [4.69, 9.17) is 16.3 Å². The predicted octanol–water partition coefficient (Wildman–Crippen LogP) is 6.55. The SMILES string of the molecule is COC(c1ccc(Cl)cc1)(c1ccc2c(c1)c(-c1cccc(C(F)(F)F)c1)cc(=O)n2C)c1cncn1C. The maximum atomic E-state index is 13.5. The molecule has 0 aliphatic carbocycles. The summed E-state index contributed by atoms with van der Waals surface area (Å²) in [7, 11) is 5.06. The maximum absolute atomic E-state index is 13.5. The Kier molecular flexibility index (Phi) is 6.41. The number of aryl methyl sites for hydroxylation is 2. The second-order valence-electron chi connectivity index (χ2n) is 9.05. The number of rotatable bonds is 5. The summed E-state index contributed by atoms with van der Waals surface area (Å²) in [4.78, 5) is 17.1. The minimum absolute atomic E-state index is 0.287. The Morgan fingerprint density at radius 2 is 1.61 bits per heavy atom. The normalized spacial score (nSPS) is 13.6. The van der Waals surface area contributed by atoms with Crippen LogP contribution >= 0.6 is 11.6 Å². The molecule has 38 heavy (non-hydrogen) atoms. The van der Waals surface area contributed by atoms with Crippen LogP contribution in [0.5, 0.6) is 0 Å². The summed E-state index contributed by atoms with van der Waals surface area (Å²) in [6.45, 7) is 0. The molecule has 0 radical (unpaired) electrons. The van der Waals surface area contributed by atoms with Crippen LogP contribution in [0.25, 0.3) is 22.0 Å². The first-order chi connectivity index (χ1) is 18.1. The number of hydrogen-bond donors (Lipinski definition) is 0. The summed E-state index contributed by atoms with van der Waals surface area (Å²) in [6.07, 6.45) is -1.15. The quantitative estimate of drug-likeness (QED) is 0.255. The fraction of sp³-hybridized carbons (Fsp3) is 0.172. The molecule has 2 aromatic heterocycles. The number of nitrogens with zero attached hydrogens (tertiary/aromatic N) is 3. The first-order valence-corrected chi connectivity index (χ1v) is 12.0. The molecule has 0 aliphatic rings. The third-order valence-corrected chi connectivity index (χ3v) is 7.14. The average Bonchev–Trinajstić information content (AvgIpc) is 3.33. The molecule has 0 saturated heterocycles. The van der Waals surface area contributed by atoms with Gasteiger partial charge in [0.2, 0.25) is 0 Å². The van der Waals surface area contributed by atoms with Gasteiger partial charge in [-0.2, -0.15) is 13.2 Å². The molecule has 1 unspecified atom stereocenters. The molecule has 0 fully saturated rings. The van der Waals surface area contributed by atoms with Crippen molar-refractivity contribution in [1.29, 1.82) is 0 Å². The van der Waals surface area contributed by atoms with Gasteiger partial charge >= 0.3 is 6.18 Å². The maximum Gasteiger partial charge on any atom is 0.416 e. The molecule has 9 heteroatoms. The topological polar surface area (TPSA) is 49.1 Å². The van der Waals surface area contributed by atoms with Gasteiger partial charge in [-0.15, -0.1) is 0 Å². The molecule has 5 rings (SSSR count). The second kappa shape index (κ2) is 9.45. The van der Waals surface area contributed by atoms with Gasteiger partial charge in [-0.05, 0) is 58.7 Å². The van der Waals surface area contributed by atoms with Crippen LogP contribution in [-0.4, -0.2) is 21.2 Å².